The topological polar surface area (TPSA) is 79.6 Å². The maximum absolute atomic E-state index is 12.9. The van der Waals surface area contributed by atoms with E-state index in [0.29, 0.717) is 30.0 Å². The van der Waals surface area contributed by atoms with Gasteiger partial charge in [-0.05, 0) is 44.0 Å². The molecule has 3 rings (SSSR count). The van der Waals surface area contributed by atoms with Crippen molar-refractivity contribution >= 4 is 11.9 Å². The number of nitriles is 1. The molecule has 1 fully saturated rings. The fourth-order valence-corrected chi connectivity index (χ4v) is 3.06. The minimum Gasteiger partial charge on any atom is -0.479 e. The molecule has 0 aromatic heterocycles. The Morgan fingerprint density at radius 1 is 1.04 bits per heavy atom. The highest BCUT2D eigenvalue weighted by Crippen LogP contribution is 2.24. The minimum atomic E-state index is -0.987. The van der Waals surface area contributed by atoms with E-state index in [2.05, 4.69) is 0 Å². The number of carbonyl (C=O) groups is 2. The summed E-state index contributed by atoms with van der Waals surface area (Å²) in [6, 6.07) is 17.5. The fraction of sp³-hybridized carbons (Fsp3) is 0.318. The van der Waals surface area contributed by atoms with Crippen molar-refractivity contribution in [3.05, 3.63) is 65.7 Å². The maximum Gasteiger partial charge on any atom is 0.348 e. The summed E-state index contributed by atoms with van der Waals surface area (Å²) in [5, 5.41) is 8.85. The number of benzene rings is 2. The van der Waals surface area contributed by atoms with E-state index >= 15 is 0 Å². The van der Waals surface area contributed by atoms with Crippen LogP contribution in [0.5, 0.6) is 5.75 Å². The number of likely N-dealkylation sites (tertiary alicyclic amines) is 1. The second-order valence-electron chi connectivity index (χ2n) is 6.66. The molecule has 6 heteroatoms. The Kier molecular flexibility index (Phi) is 6.28. The van der Waals surface area contributed by atoms with E-state index in [0.717, 1.165) is 12.8 Å². The van der Waals surface area contributed by atoms with Crippen LogP contribution in [0.4, 0.5) is 0 Å². The van der Waals surface area contributed by atoms with Crippen LogP contribution in [0.2, 0.25) is 0 Å². The van der Waals surface area contributed by atoms with Crippen molar-refractivity contribution in [3.8, 4) is 11.8 Å². The molecule has 2 aromatic rings. The minimum absolute atomic E-state index is 0.206. The summed E-state index contributed by atoms with van der Waals surface area (Å²) < 4.78 is 11.2. The van der Waals surface area contributed by atoms with Gasteiger partial charge in [-0.25, -0.2) is 4.79 Å². The monoisotopic (exact) mass is 378 g/mol. The molecule has 0 saturated carbocycles. The van der Waals surface area contributed by atoms with Crippen LogP contribution in [-0.4, -0.2) is 36.0 Å². The van der Waals surface area contributed by atoms with Crippen LogP contribution in [0, 0.1) is 11.3 Å². The third-order valence-corrected chi connectivity index (χ3v) is 4.61. The van der Waals surface area contributed by atoms with E-state index in [1.54, 1.807) is 48.2 Å². The van der Waals surface area contributed by atoms with Gasteiger partial charge < -0.3 is 14.4 Å². The second-order valence-corrected chi connectivity index (χ2v) is 6.66. The normalized spacial score (nSPS) is 15.4. The predicted octanol–water partition coefficient (Wildman–Crippen LogP) is 3.23. The number of amides is 1. The van der Waals surface area contributed by atoms with Crippen molar-refractivity contribution in [1.29, 1.82) is 5.26 Å². The van der Waals surface area contributed by atoms with Gasteiger partial charge in [0.25, 0.3) is 5.91 Å². The lowest BCUT2D eigenvalue weighted by molar-refractivity contribution is -0.165. The Labute approximate surface area is 164 Å². The van der Waals surface area contributed by atoms with Gasteiger partial charge in [0, 0.05) is 18.7 Å². The van der Waals surface area contributed by atoms with Gasteiger partial charge in [0.1, 0.15) is 5.75 Å². The Morgan fingerprint density at radius 2 is 1.68 bits per heavy atom. The first-order chi connectivity index (χ1) is 13.6. The van der Waals surface area contributed by atoms with Crippen molar-refractivity contribution in [2.45, 2.75) is 32.0 Å². The van der Waals surface area contributed by atoms with Crippen LogP contribution >= 0.6 is 0 Å². The first-order valence-corrected chi connectivity index (χ1v) is 9.29. The van der Waals surface area contributed by atoms with Gasteiger partial charge >= 0.3 is 5.97 Å². The first kappa shape index (κ1) is 19.4. The molecule has 2 atom stereocenters. The van der Waals surface area contributed by atoms with Gasteiger partial charge in [-0.15, -0.1) is 0 Å². The molecule has 1 heterocycles. The molecule has 1 aliphatic rings. The molecule has 144 valence electrons. The van der Waals surface area contributed by atoms with Gasteiger partial charge in [0.05, 0.1) is 11.6 Å². The predicted molar refractivity (Wildman–Crippen MR) is 102 cm³/mol. The standard InChI is InChI=1S/C22H22N2O4/c1-16(27-19-11-9-17(15-23)10-12-19)22(26)28-20(18-7-3-2-4-8-18)21(25)24-13-5-6-14-24/h2-4,7-12,16,20H,5-6,13-14H2,1H3/t16-,20+/m0/s1. The molecule has 28 heavy (non-hydrogen) atoms. The molecule has 0 unspecified atom stereocenters. The Hall–Kier alpha value is -3.33. The van der Waals surface area contributed by atoms with E-state index in [4.69, 9.17) is 14.7 Å². The highest BCUT2D eigenvalue weighted by Gasteiger charge is 2.32. The summed E-state index contributed by atoms with van der Waals surface area (Å²) >= 11 is 0. The summed E-state index contributed by atoms with van der Waals surface area (Å²) in [6.07, 6.45) is 0.0306. The average molecular weight is 378 g/mol. The number of nitrogens with zero attached hydrogens (tertiary/aromatic N) is 2. The molecule has 1 amide bonds. The molecule has 1 saturated heterocycles. The Morgan fingerprint density at radius 3 is 2.29 bits per heavy atom. The zero-order valence-corrected chi connectivity index (χ0v) is 15.7. The average Bonchev–Trinajstić information content (AvgIpc) is 3.27. The summed E-state index contributed by atoms with van der Waals surface area (Å²) in [5.74, 6) is -0.376. The third-order valence-electron chi connectivity index (χ3n) is 4.61. The number of esters is 1. The molecule has 1 aliphatic heterocycles. The van der Waals surface area contributed by atoms with Crippen LogP contribution in [0.25, 0.3) is 0 Å². The lowest BCUT2D eigenvalue weighted by atomic mass is 10.1. The lowest BCUT2D eigenvalue weighted by Crippen LogP contribution is -2.37. The number of ether oxygens (including phenoxy) is 2. The van der Waals surface area contributed by atoms with E-state index < -0.39 is 18.2 Å². The number of hydrogen-bond acceptors (Lipinski definition) is 5. The molecule has 0 aliphatic carbocycles. The van der Waals surface area contributed by atoms with Crippen LogP contribution in [0.1, 0.15) is 37.0 Å². The van der Waals surface area contributed by atoms with E-state index in [1.165, 1.54) is 0 Å². The van der Waals surface area contributed by atoms with Crippen LogP contribution < -0.4 is 4.74 Å². The van der Waals surface area contributed by atoms with Crippen molar-refractivity contribution in [1.82, 2.24) is 4.90 Å². The zero-order chi connectivity index (χ0) is 19.9. The number of rotatable bonds is 6. The lowest BCUT2D eigenvalue weighted by Gasteiger charge is -2.25. The van der Waals surface area contributed by atoms with Crippen molar-refractivity contribution in [2.24, 2.45) is 0 Å². The van der Waals surface area contributed by atoms with Crippen molar-refractivity contribution < 1.29 is 19.1 Å². The number of carbonyl (C=O) groups excluding carboxylic acids is 2. The van der Waals surface area contributed by atoms with Crippen molar-refractivity contribution in [3.63, 3.8) is 0 Å². The molecular weight excluding hydrogens is 356 g/mol. The summed E-state index contributed by atoms with van der Waals surface area (Å²) in [4.78, 5) is 27.2. The molecule has 0 N–H and O–H groups in total. The molecule has 6 nitrogen and oxygen atoms in total. The largest absolute Gasteiger partial charge is 0.479 e. The van der Waals surface area contributed by atoms with Crippen LogP contribution in [0.3, 0.4) is 0 Å². The molecule has 0 bridgehead atoms. The van der Waals surface area contributed by atoms with E-state index in [-0.39, 0.29) is 5.91 Å². The van der Waals surface area contributed by atoms with Gasteiger partial charge in [0.2, 0.25) is 6.10 Å². The van der Waals surface area contributed by atoms with Gasteiger partial charge in [-0.1, -0.05) is 30.3 Å². The molecule has 2 aromatic carbocycles. The molecular formula is C22H22N2O4. The zero-order valence-electron chi connectivity index (χ0n) is 15.7. The van der Waals surface area contributed by atoms with Gasteiger partial charge in [-0.2, -0.15) is 5.26 Å². The molecule has 0 spiro atoms. The SMILES string of the molecule is C[C@H](Oc1ccc(C#N)cc1)C(=O)O[C@@H](C(=O)N1CCCC1)c1ccccc1. The quantitative estimate of drug-likeness (QED) is 0.721. The second kappa shape index (κ2) is 9.05. The number of hydrogen-bond donors (Lipinski definition) is 0. The summed E-state index contributed by atoms with van der Waals surface area (Å²) in [6.45, 7) is 2.93. The summed E-state index contributed by atoms with van der Waals surface area (Å²) in [7, 11) is 0. The van der Waals surface area contributed by atoms with Crippen molar-refractivity contribution in [2.75, 3.05) is 13.1 Å². The Balaban J connectivity index is 1.70. The third kappa shape index (κ3) is 4.68. The van der Waals surface area contributed by atoms with Crippen LogP contribution in [-0.2, 0) is 14.3 Å². The van der Waals surface area contributed by atoms with Gasteiger partial charge in [0.15, 0.2) is 6.10 Å². The molecule has 0 radical (unpaired) electrons. The van der Waals surface area contributed by atoms with E-state index in [1.807, 2.05) is 24.3 Å². The smallest absolute Gasteiger partial charge is 0.348 e. The Bertz CT molecular complexity index is 852. The fourth-order valence-electron chi connectivity index (χ4n) is 3.06. The van der Waals surface area contributed by atoms with E-state index in [9.17, 15) is 9.59 Å². The first-order valence-electron chi connectivity index (χ1n) is 9.29. The summed E-state index contributed by atoms with van der Waals surface area (Å²) in [5.41, 5.74) is 1.14. The maximum atomic E-state index is 12.9. The van der Waals surface area contributed by atoms with Crippen LogP contribution in [0.15, 0.2) is 54.6 Å². The van der Waals surface area contributed by atoms with Gasteiger partial charge in [-0.3, -0.25) is 4.79 Å². The highest BCUT2D eigenvalue weighted by molar-refractivity contribution is 5.86. The highest BCUT2D eigenvalue weighted by atomic mass is 16.6.